The van der Waals surface area contributed by atoms with Crippen LogP contribution in [0.1, 0.15) is 18.4 Å². The SMILES string of the molecule is N=C/C(=C\CN)C(=O)N1CCN(CC2=C(c3ccc(Cl)cc3Cl)NC3CNC(C4CC4)=CN23)CC1. The summed E-state index contributed by atoms with van der Waals surface area (Å²) in [6.07, 6.45) is 7.56. The fraction of sp³-hybridized carbons (Fsp3) is 0.440. The third-order valence-electron chi connectivity index (χ3n) is 7.02. The summed E-state index contributed by atoms with van der Waals surface area (Å²) in [6, 6.07) is 5.63. The molecule has 1 saturated carbocycles. The molecule has 3 aliphatic heterocycles. The van der Waals surface area contributed by atoms with Crippen molar-refractivity contribution >= 4 is 41.0 Å². The van der Waals surface area contributed by atoms with E-state index in [1.165, 1.54) is 24.2 Å². The topological polar surface area (TPSA) is 101 Å². The third-order valence-corrected chi connectivity index (χ3v) is 7.56. The molecule has 1 aromatic carbocycles. The second-order valence-electron chi connectivity index (χ2n) is 9.36. The number of carbonyl (C=O) groups is 1. The maximum atomic E-state index is 12.7. The number of allylic oxidation sites excluding steroid dienone is 1. The number of nitrogens with zero attached hydrogens (tertiary/aromatic N) is 3. The first-order valence-electron chi connectivity index (χ1n) is 12.1. The highest BCUT2D eigenvalue weighted by Gasteiger charge is 2.38. The number of hydrogen-bond donors (Lipinski definition) is 4. The maximum Gasteiger partial charge on any atom is 0.255 e. The first kappa shape index (κ1) is 24.2. The number of nitrogens with two attached hydrogens (primary N) is 1. The van der Waals surface area contributed by atoms with Gasteiger partial charge in [0.2, 0.25) is 0 Å². The van der Waals surface area contributed by atoms with Gasteiger partial charge in [0.25, 0.3) is 5.91 Å². The van der Waals surface area contributed by atoms with E-state index in [0.29, 0.717) is 34.6 Å². The van der Waals surface area contributed by atoms with Crippen molar-refractivity contribution in [3.8, 4) is 0 Å². The minimum atomic E-state index is -0.125. The van der Waals surface area contributed by atoms with Crippen molar-refractivity contribution in [2.24, 2.45) is 11.7 Å². The molecule has 4 aliphatic rings. The number of fused-ring (bicyclic) bond motifs is 1. The molecule has 10 heteroatoms. The number of halogens is 2. The molecule has 35 heavy (non-hydrogen) atoms. The Morgan fingerprint density at radius 2 is 1.97 bits per heavy atom. The monoisotopic (exact) mass is 515 g/mol. The van der Waals surface area contributed by atoms with Gasteiger partial charge in [0.1, 0.15) is 6.17 Å². The first-order chi connectivity index (χ1) is 17.0. The van der Waals surface area contributed by atoms with E-state index in [2.05, 4.69) is 26.6 Å². The Bertz CT molecular complexity index is 1100. The molecule has 8 nitrogen and oxygen atoms in total. The zero-order chi connectivity index (χ0) is 24.5. The molecule has 3 heterocycles. The largest absolute Gasteiger partial charge is 0.383 e. The molecule has 1 atom stereocenters. The van der Waals surface area contributed by atoms with E-state index in [-0.39, 0.29) is 18.6 Å². The molecule has 1 aliphatic carbocycles. The summed E-state index contributed by atoms with van der Waals surface area (Å²) >= 11 is 12.8. The number of nitrogens with one attached hydrogen (secondary N) is 3. The van der Waals surface area contributed by atoms with E-state index in [1.54, 1.807) is 17.0 Å². The summed E-state index contributed by atoms with van der Waals surface area (Å²) in [7, 11) is 0. The van der Waals surface area contributed by atoms with Gasteiger partial charge in [-0.15, -0.1) is 0 Å². The van der Waals surface area contributed by atoms with Crippen LogP contribution in [0.3, 0.4) is 0 Å². The van der Waals surface area contributed by atoms with Gasteiger partial charge in [0.15, 0.2) is 0 Å². The zero-order valence-corrected chi connectivity index (χ0v) is 21.1. The lowest BCUT2D eigenvalue weighted by Gasteiger charge is -2.37. The van der Waals surface area contributed by atoms with Gasteiger partial charge in [0.05, 0.1) is 28.5 Å². The molecule has 0 radical (unpaired) electrons. The number of carbonyl (C=O) groups excluding carboxylic acids is 1. The summed E-state index contributed by atoms with van der Waals surface area (Å²) in [5.74, 6) is 0.513. The van der Waals surface area contributed by atoms with Crippen LogP contribution in [0.4, 0.5) is 0 Å². The highest BCUT2D eigenvalue weighted by atomic mass is 35.5. The number of rotatable bonds is 7. The van der Waals surface area contributed by atoms with Crippen LogP contribution in [-0.4, -0.2) is 78.8 Å². The van der Waals surface area contributed by atoms with Crippen molar-refractivity contribution in [1.29, 1.82) is 5.41 Å². The highest BCUT2D eigenvalue weighted by molar-refractivity contribution is 6.35. The minimum absolute atomic E-state index is 0.119. The molecule has 2 fully saturated rings. The average molecular weight is 516 g/mol. The van der Waals surface area contributed by atoms with Crippen molar-refractivity contribution in [2.75, 3.05) is 45.8 Å². The first-order valence-corrected chi connectivity index (χ1v) is 12.9. The van der Waals surface area contributed by atoms with Crippen LogP contribution in [0.25, 0.3) is 5.70 Å². The molecular formula is C25H31Cl2N7O. The van der Waals surface area contributed by atoms with Crippen molar-refractivity contribution in [1.82, 2.24) is 25.3 Å². The van der Waals surface area contributed by atoms with Crippen LogP contribution in [0.5, 0.6) is 0 Å². The molecule has 0 aromatic heterocycles. The lowest BCUT2D eigenvalue weighted by molar-refractivity contribution is -0.128. The van der Waals surface area contributed by atoms with E-state index in [1.807, 2.05) is 12.1 Å². The molecule has 5 rings (SSSR count). The molecule has 0 spiro atoms. The number of benzene rings is 1. The maximum absolute atomic E-state index is 12.7. The predicted octanol–water partition coefficient (Wildman–Crippen LogP) is 2.43. The minimum Gasteiger partial charge on any atom is -0.383 e. The zero-order valence-electron chi connectivity index (χ0n) is 19.6. The Labute approximate surface area is 215 Å². The van der Waals surface area contributed by atoms with Gasteiger partial charge in [-0.2, -0.15) is 0 Å². The van der Waals surface area contributed by atoms with E-state index < -0.39 is 0 Å². The predicted molar refractivity (Wildman–Crippen MR) is 140 cm³/mol. The average Bonchev–Trinajstić information content (AvgIpc) is 3.65. The lowest BCUT2D eigenvalue weighted by Crippen LogP contribution is -2.51. The standard InChI is InChI=1S/C25H31Cl2N7O/c26-18-3-4-19(20(27)11-18)24-22(34-14-21(16-1-2-16)30-13-23(34)31-24)15-32-7-9-33(10-8-32)25(35)17(12-29)5-6-28/h3-5,11-12,14,16,23,29-31H,1-2,6-10,13,15,28H2/b17-5+,29-12?. The van der Waals surface area contributed by atoms with E-state index in [9.17, 15) is 4.79 Å². The summed E-state index contributed by atoms with van der Waals surface area (Å²) in [4.78, 5) is 19.3. The van der Waals surface area contributed by atoms with Crippen LogP contribution in [0.15, 0.2) is 47.4 Å². The molecule has 1 unspecified atom stereocenters. The third kappa shape index (κ3) is 5.07. The van der Waals surface area contributed by atoms with Crippen molar-refractivity contribution < 1.29 is 4.79 Å². The summed E-state index contributed by atoms with van der Waals surface area (Å²) < 4.78 is 0. The Hall–Kier alpha value is -2.52. The van der Waals surface area contributed by atoms with E-state index in [0.717, 1.165) is 43.7 Å². The molecule has 1 aromatic rings. The summed E-state index contributed by atoms with van der Waals surface area (Å²) in [5, 5.41) is 16.0. The van der Waals surface area contributed by atoms with Crippen LogP contribution < -0.4 is 16.4 Å². The van der Waals surface area contributed by atoms with Gasteiger partial charge in [-0.05, 0) is 31.0 Å². The Morgan fingerprint density at radius 1 is 1.20 bits per heavy atom. The fourth-order valence-electron chi connectivity index (χ4n) is 4.93. The van der Waals surface area contributed by atoms with Gasteiger partial charge < -0.3 is 31.6 Å². The van der Waals surface area contributed by atoms with Gasteiger partial charge in [0, 0.05) is 73.9 Å². The highest BCUT2D eigenvalue weighted by Crippen LogP contribution is 2.40. The molecule has 1 amide bonds. The van der Waals surface area contributed by atoms with Gasteiger partial charge in [-0.3, -0.25) is 9.69 Å². The molecule has 5 N–H and O–H groups in total. The smallest absolute Gasteiger partial charge is 0.255 e. The second-order valence-corrected chi connectivity index (χ2v) is 10.2. The molecule has 0 bridgehead atoms. The quantitative estimate of drug-likeness (QED) is 0.328. The fourth-order valence-corrected chi connectivity index (χ4v) is 5.44. The van der Waals surface area contributed by atoms with Crippen molar-refractivity contribution in [2.45, 2.75) is 19.0 Å². The van der Waals surface area contributed by atoms with Crippen LogP contribution in [0.2, 0.25) is 10.0 Å². The molecule has 1 saturated heterocycles. The van der Waals surface area contributed by atoms with Gasteiger partial charge in [-0.25, -0.2) is 0 Å². The second kappa shape index (κ2) is 10.2. The van der Waals surface area contributed by atoms with Crippen LogP contribution >= 0.6 is 23.2 Å². The van der Waals surface area contributed by atoms with Crippen molar-refractivity contribution in [3.05, 3.63) is 63.1 Å². The summed E-state index contributed by atoms with van der Waals surface area (Å²) in [6.45, 7) is 4.53. The number of piperazine rings is 1. The van der Waals surface area contributed by atoms with Crippen LogP contribution in [-0.2, 0) is 4.79 Å². The lowest BCUT2D eigenvalue weighted by atomic mass is 10.1. The Morgan fingerprint density at radius 3 is 2.63 bits per heavy atom. The van der Waals surface area contributed by atoms with Gasteiger partial charge >= 0.3 is 0 Å². The number of amides is 1. The molecule has 186 valence electrons. The Balaban J connectivity index is 1.37. The van der Waals surface area contributed by atoms with Gasteiger partial charge in [-0.1, -0.05) is 29.3 Å². The summed E-state index contributed by atoms with van der Waals surface area (Å²) in [5.41, 5.74) is 10.4. The van der Waals surface area contributed by atoms with Crippen LogP contribution in [0, 0.1) is 11.3 Å². The van der Waals surface area contributed by atoms with E-state index in [4.69, 9.17) is 34.3 Å². The molecular weight excluding hydrogens is 485 g/mol. The van der Waals surface area contributed by atoms with Crippen molar-refractivity contribution in [3.63, 3.8) is 0 Å². The normalized spacial score (nSPS) is 23.0. The Kier molecular flexibility index (Phi) is 7.07. The van der Waals surface area contributed by atoms with E-state index >= 15 is 0 Å². The number of hydrogen-bond acceptors (Lipinski definition) is 7.